The summed E-state index contributed by atoms with van der Waals surface area (Å²) in [4.78, 5) is 0.137. The molecule has 0 N–H and O–H groups in total. The Hall–Kier alpha value is -3.41. The lowest BCUT2D eigenvalue weighted by molar-refractivity contribution is 0.401. The lowest BCUT2D eigenvalue weighted by Gasteiger charge is -2.16. The number of benzene rings is 3. The number of hydrogen-bond donors (Lipinski definition) is 0. The topological polar surface area (TPSA) is 86.5 Å². The van der Waals surface area contributed by atoms with Crippen LogP contribution in [0.15, 0.2) is 76.8 Å². The highest BCUT2D eigenvalue weighted by Crippen LogP contribution is 2.36. The number of rotatable bonds is 9. The van der Waals surface area contributed by atoms with E-state index in [1.165, 1.54) is 44.1 Å². The maximum atomic E-state index is 13.3. The standard InChI is InChI=1S/C25H25FN4O4S2/c1-29(2)36(31,32)21-7-5-6-18(14-21)24-27-28-25(35-16-17-8-10-19(26)11-9-17)30(24)22-15-20(33-3)12-13-23(22)34-4/h5-15H,16H2,1-4H3. The monoisotopic (exact) mass is 528 g/mol. The summed E-state index contributed by atoms with van der Waals surface area (Å²) in [6.45, 7) is 0. The van der Waals surface area contributed by atoms with Crippen LogP contribution in [0.3, 0.4) is 0 Å². The molecule has 0 aliphatic rings. The van der Waals surface area contributed by atoms with Crippen molar-refractivity contribution in [3.8, 4) is 28.6 Å². The number of hydrogen-bond acceptors (Lipinski definition) is 7. The molecule has 0 fully saturated rings. The molecule has 8 nitrogen and oxygen atoms in total. The fourth-order valence-electron chi connectivity index (χ4n) is 3.47. The van der Waals surface area contributed by atoms with Crippen LogP contribution in [-0.2, 0) is 15.8 Å². The molecule has 36 heavy (non-hydrogen) atoms. The van der Waals surface area contributed by atoms with Crippen molar-refractivity contribution < 1.29 is 22.3 Å². The summed E-state index contributed by atoms with van der Waals surface area (Å²) in [6, 6.07) is 18.1. The van der Waals surface area contributed by atoms with Gasteiger partial charge in [-0.3, -0.25) is 4.57 Å². The third kappa shape index (κ3) is 5.23. The van der Waals surface area contributed by atoms with Crippen LogP contribution in [-0.4, -0.2) is 55.8 Å². The van der Waals surface area contributed by atoms with Crippen molar-refractivity contribution >= 4 is 21.8 Å². The van der Waals surface area contributed by atoms with Crippen LogP contribution >= 0.6 is 11.8 Å². The molecule has 0 saturated heterocycles. The first-order valence-electron chi connectivity index (χ1n) is 10.8. The van der Waals surface area contributed by atoms with Crippen LogP contribution in [0.25, 0.3) is 17.1 Å². The van der Waals surface area contributed by atoms with Gasteiger partial charge in [0, 0.05) is 31.5 Å². The van der Waals surface area contributed by atoms with Crippen LogP contribution in [0.5, 0.6) is 11.5 Å². The van der Waals surface area contributed by atoms with Crippen molar-refractivity contribution in [1.29, 1.82) is 0 Å². The maximum Gasteiger partial charge on any atom is 0.242 e. The van der Waals surface area contributed by atoms with Gasteiger partial charge in [0.05, 0.1) is 24.8 Å². The van der Waals surface area contributed by atoms with Crippen LogP contribution < -0.4 is 9.47 Å². The Bertz CT molecular complexity index is 1470. The van der Waals surface area contributed by atoms with E-state index in [1.54, 1.807) is 67.3 Å². The number of halogens is 1. The van der Waals surface area contributed by atoms with Gasteiger partial charge >= 0.3 is 0 Å². The minimum Gasteiger partial charge on any atom is -0.497 e. The summed E-state index contributed by atoms with van der Waals surface area (Å²) in [5, 5.41) is 9.36. The molecule has 0 spiro atoms. The lowest BCUT2D eigenvalue weighted by atomic mass is 10.2. The van der Waals surface area contributed by atoms with E-state index in [-0.39, 0.29) is 10.7 Å². The Morgan fingerprint density at radius 1 is 0.972 bits per heavy atom. The van der Waals surface area contributed by atoms with E-state index in [0.29, 0.717) is 39.5 Å². The Morgan fingerprint density at radius 2 is 1.72 bits per heavy atom. The molecular weight excluding hydrogens is 503 g/mol. The zero-order chi connectivity index (χ0) is 25.9. The first kappa shape index (κ1) is 25.7. The van der Waals surface area contributed by atoms with Gasteiger partial charge in [-0.1, -0.05) is 36.0 Å². The second kappa shape index (κ2) is 10.7. The number of aromatic nitrogens is 3. The van der Waals surface area contributed by atoms with E-state index in [2.05, 4.69) is 10.2 Å². The Labute approximate surface area is 213 Å². The highest BCUT2D eigenvalue weighted by Gasteiger charge is 2.23. The molecule has 0 radical (unpaired) electrons. The number of ether oxygens (including phenoxy) is 2. The van der Waals surface area contributed by atoms with Crippen molar-refractivity contribution in [3.63, 3.8) is 0 Å². The second-order valence-electron chi connectivity index (χ2n) is 7.91. The highest BCUT2D eigenvalue weighted by atomic mass is 32.2. The quantitative estimate of drug-likeness (QED) is 0.293. The smallest absolute Gasteiger partial charge is 0.242 e. The molecule has 0 amide bonds. The van der Waals surface area contributed by atoms with Gasteiger partial charge in [-0.2, -0.15) is 0 Å². The fourth-order valence-corrected chi connectivity index (χ4v) is 5.32. The van der Waals surface area contributed by atoms with Gasteiger partial charge in [0.2, 0.25) is 10.0 Å². The number of methoxy groups -OCH3 is 2. The molecule has 0 bridgehead atoms. The summed E-state index contributed by atoms with van der Waals surface area (Å²) in [5.74, 6) is 1.79. The van der Waals surface area contributed by atoms with Crippen molar-refractivity contribution in [2.75, 3.05) is 28.3 Å². The van der Waals surface area contributed by atoms with Crippen LogP contribution in [0.2, 0.25) is 0 Å². The van der Waals surface area contributed by atoms with E-state index >= 15 is 0 Å². The molecule has 0 unspecified atom stereocenters. The molecule has 0 saturated carbocycles. The van der Waals surface area contributed by atoms with E-state index in [0.717, 1.165) is 9.87 Å². The Kier molecular flexibility index (Phi) is 7.62. The van der Waals surface area contributed by atoms with Crippen molar-refractivity contribution in [2.24, 2.45) is 0 Å². The average Bonchev–Trinajstić information content (AvgIpc) is 3.31. The first-order valence-corrected chi connectivity index (χ1v) is 13.2. The molecule has 3 aromatic carbocycles. The molecule has 188 valence electrons. The van der Waals surface area contributed by atoms with Gasteiger partial charge < -0.3 is 9.47 Å². The molecular formula is C25H25FN4O4S2. The van der Waals surface area contributed by atoms with Crippen molar-refractivity contribution in [1.82, 2.24) is 19.1 Å². The normalized spacial score (nSPS) is 11.6. The van der Waals surface area contributed by atoms with E-state index < -0.39 is 10.0 Å². The molecule has 1 heterocycles. The highest BCUT2D eigenvalue weighted by molar-refractivity contribution is 7.98. The largest absolute Gasteiger partial charge is 0.497 e. The molecule has 11 heteroatoms. The van der Waals surface area contributed by atoms with Crippen LogP contribution in [0.4, 0.5) is 4.39 Å². The zero-order valence-corrected chi connectivity index (χ0v) is 21.8. The average molecular weight is 529 g/mol. The molecule has 0 aliphatic heterocycles. The van der Waals surface area contributed by atoms with E-state index in [4.69, 9.17) is 9.47 Å². The van der Waals surface area contributed by atoms with Crippen molar-refractivity contribution in [3.05, 3.63) is 78.1 Å². The van der Waals surface area contributed by atoms with E-state index in [9.17, 15) is 12.8 Å². The fraction of sp³-hybridized carbons (Fsp3) is 0.200. The summed E-state index contributed by atoms with van der Waals surface area (Å²) in [7, 11) is 2.44. The maximum absolute atomic E-state index is 13.3. The third-order valence-electron chi connectivity index (χ3n) is 5.41. The number of sulfonamides is 1. The molecule has 1 aromatic heterocycles. The van der Waals surface area contributed by atoms with Gasteiger partial charge in [-0.15, -0.1) is 10.2 Å². The molecule has 4 aromatic rings. The predicted octanol–water partition coefficient (Wildman–Crippen LogP) is 4.63. The lowest BCUT2D eigenvalue weighted by Crippen LogP contribution is -2.22. The second-order valence-corrected chi connectivity index (χ2v) is 11.0. The van der Waals surface area contributed by atoms with Gasteiger partial charge in [-0.05, 0) is 42.0 Å². The van der Waals surface area contributed by atoms with Gasteiger partial charge in [0.1, 0.15) is 17.3 Å². The summed E-state index contributed by atoms with van der Waals surface area (Å²) in [6.07, 6.45) is 0. The molecule has 4 rings (SSSR count). The molecule has 0 aliphatic carbocycles. The van der Waals surface area contributed by atoms with Gasteiger partial charge in [0.25, 0.3) is 0 Å². The van der Waals surface area contributed by atoms with Crippen LogP contribution in [0, 0.1) is 5.82 Å². The minimum atomic E-state index is -3.66. The minimum absolute atomic E-state index is 0.137. The van der Waals surface area contributed by atoms with Gasteiger partial charge in [0.15, 0.2) is 11.0 Å². The summed E-state index contributed by atoms with van der Waals surface area (Å²) >= 11 is 1.41. The Morgan fingerprint density at radius 3 is 2.39 bits per heavy atom. The zero-order valence-electron chi connectivity index (χ0n) is 20.2. The van der Waals surface area contributed by atoms with Crippen LogP contribution in [0.1, 0.15) is 5.56 Å². The first-order chi connectivity index (χ1) is 17.2. The Balaban J connectivity index is 1.86. The SMILES string of the molecule is COc1ccc(OC)c(-n2c(SCc3ccc(F)cc3)nnc2-c2cccc(S(=O)(=O)N(C)C)c2)c1. The van der Waals surface area contributed by atoms with E-state index in [1.807, 2.05) is 0 Å². The molecule has 0 atom stereocenters. The van der Waals surface area contributed by atoms with Gasteiger partial charge in [-0.25, -0.2) is 17.1 Å². The number of nitrogens with zero attached hydrogens (tertiary/aromatic N) is 4. The third-order valence-corrected chi connectivity index (χ3v) is 8.22. The summed E-state index contributed by atoms with van der Waals surface area (Å²) < 4.78 is 52.9. The number of thioether (sulfide) groups is 1. The van der Waals surface area contributed by atoms with Crippen molar-refractivity contribution in [2.45, 2.75) is 15.8 Å². The predicted molar refractivity (Wildman–Crippen MR) is 137 cm³/mol. The summed E-state index contributed by atoms with van der Waals surface area (Å²) in [5.41, 5.74) is 2.09.